The Balaban J connectivity index is 1.58. The zero-order valence-corrected chi connectivity index (χ0v) is 15.7. The van der Waals surface area contributed by atoms with E-state index in [2.05, 4.69) is 34.5 Å². The molecule has 142 valence electrons. The summed E-state index contributed by atoms with van der Waals surface area (Å²) in [6.45, 7) is 4.38. The number of hydrogen-bond acceptors (Lipinski definition) is 4. The number of nitrogens with one attached hydrogen (secondary N) is 1. The van der Waals surface area contributed by atoms with Crippen LogP contribution in [0.15, 0.2) is 48.5 Å². The van der Waals surface area contributed by atoms with Crippen molar-refractivity contribution in [2.45, 2.75) is 31.9 Å². The van der Waals surface area contributed by atoms with Crippen LogP contribution in [0.4, 0.5) is 5.69 Å². The van der Waals surface area contributed by atoms with Gasteiger partial charge in [-0.1, -0.05) is 30.3 Å². The van der Waals surface area contributed by atoms with Gasteiger partial charge in [-0.2, -0.15) is 0 Å². The van der Waals surface area contributed by atoms with Gasteiger partial charge in [0.25, 0.3) is 0 Å². The van der Waals surface area contributed by atoms with E-state index < -0.39 is 0 Å². The fraction of sp³-hybridized carbons (Fsp3) is 0.409. The van der Waals surface area contributed by atoms with Crippen LogP contribution in [0.5, 0.6) is 5.75 Å². The van der Waals surface area contributed by atoms with Gasteiger partial charge in [0.05, 0.1) is 6.04 Å². The highest BCUT2D eigenvalue weighted by atomic mass is 16.5. The van der Waals surface area contributed by atoms with E-state index in [0.717, 1.165) is 43.9 Å². The number of ether oxygens (including phenoxy) is 1. The molecule has 2 aromatic carbocycles. The Morgan fingerprint density at radius 1 is 1.26 bits per heavy atom. The first kappa shape index (κ1) is 18.0. The highest BCUT2D eigenvalue weighted by Gasteiger charge is 2.40. The lowest BCUT2D eigenvalue weighted by Crippen LogP contribution is -2.39. The van der Waals surface area contributed by atoms with E-state index >= 15 is 0 Å². The molecule has 5 nitrogen and oxygen atoms in total. The van der Waals surface area contributed by atoms with Crippen LogP contribution in [0.1, 0.15) is 30.6 Å². The fourth-order valence-electron chi connectivity index (χ4n) is 4.35. The van der Waals surface area contributed by atoms with Crippen molar-refractivity contribution < 1.29 is 9.53 Å². The molecule has 1 amide bonds. The summed E-state index contributed by atoms with van der Waals surface area (Å²) in [6, 6.07) is 16.5. The monoisotopic (exact) mass is 365 g/mol. The maximum atomic E-state index is 11.3. The van der Waals surface area contributed by atoms with Crippen LogP contribution >= 0.6 is 0 Å². The summed E-state index contributed by atoms with van der Waals surface area (Å²) in [7, 11) is 0. The maximum Gasteiger partial charge on any atom is 0.221 e. The number of likely N-dealkylation sites (tertiary alicyclic amines) is 1. The van der Waals surface area contributed by atoms with Gasteiger partial charge in [-0.3, -0.25) is 9.69 Å². The lowest BCUT2D eigenvalue weighted by atomic mass is 10.1. The number of nitrogens with zero attached hydrogens (tertiary/aromatic N) is 1. The number of nitrogens with two attached hydrogens (primary N) is 1. The van der Waals surface area contributed by atoms with Gasteiger partial charge in [-0.15, -0.1) is 0 Å². The fourth-order valence-corrected chi connectivity index (χ4v) is 4.35. The zero-order chi connectivity index (χ0) is 18.8. The largest absolute Gasteiger partial charge is 0.484 e. The third-order valence-corrected chi connectivity index (χ3v) is 5.68. The first-order chi connectivity index (χ1) is 13.1. The number of hydrogen-bond donors (Lipinski definition) is 2. The third kappa shape index (κ3) is 3.84. The summed E-state index contributed by atoms with van der Waals surface area (Å²) >= 11 is 0. The molecule has 2 aliphatic rings. The highest BCUT2D eigenvalue weighted by Crippen LogP contribution is 2.39. The first-order valence-electron chi connectivity index (χ1n) is 9.70. The molecule has 1 aliphatic carbocycles. The highest BCUT2D eigenvalue weighted by molar-refractivity contribution is 5.88. The van der Waals surface area contributed by atoms with Gasteiger partial charge in [-0.25, -0.2) is 0 Å². The van der Waals surface area contributed by atoms with Crippen LogP contribution in [0.2, 0.25) is 0 Å². The number of amides is 1. The van der Waals surface area contributed by atoms with Crippen LogP contribution in [0, 0.1) is 5.92 Å². The summed E-state index contributed by atoms with van der Waals surface area (Å²) in [4.78, 5) is 13.9. The number of rotatable bonds is 5. The second kappa shape index (κ2) is 7.71. The topological polar surface area (TPSA) is 67.6 Å². The summed E-state index contributed by atoms with van der Waals surface area (Å²) in [6.07, 6.45) is 2.16. The molecular formula is C22H27N3O2. The van der Waals surface area contributed by atoms with Crippen LogP contribution in [0.3, 0.4) is 0 Å². The van der Waals surface area contributed by atoms with Crippen molar-refractivity contribution in [1.29, 1.82) is 0 Å². The van der Waals surface area contributed by atoms with Gasteiger partial charge < -0.3 is 15.8 Å². The Bertz CT molecular complexity index is 823. The second-order valence-corrected chi connectivity index (χ2v) is 7.60. The van der Waals surface area contributed by atoms with Gasteiger partial charge in [0.15, 0.2) is 0 Å². The molecule has 0 spiro atoms. The summed E-state index contributed by atoms with van der Waals surface area (Å²) in [5, 5.41) is 2.83. The molecular weight excluding hydrogens is 338 g/mol. The predicted octanol–water partition coefficient (Wildman–Crippen LogP) is 2.97. The molecule has 1 aliphatic heterocycles. The van der Waals surface area contributed by atoms with Crippen molar-refractivity contribution in [1.82, 2.24) is 4.90 Å². The molecule has 3 N–H and O–H groups in total. The van der Waals surface area contributed by atoms with E-state index in [-0.39, 0.29) is 12.0 Å². The standard InChI is InChI=1S/C22H27N3O2/c1-15(26)24-18-6-4-7-19(12-18)27-22-20-8-3-2-5-17(20)11-21(22)25-10-9-16(13-23)14-25/h2-8,12,16,21-22H,9-11,13-14,23H2,1H3,(H,24,26)/t16?,21-,22?/m1/s1. The Hall–Kier alpha value is -2.37. The smallest absolute Gasteiger partial charge is 0.221 e. The molecule has 1 saturated heterocycles. The number of carbonyl (C=O) groups excluding carboxylic acids is 1. The number of benzene rings is 2. The molecule has 0 bridgehead atoms. The molecule has 27 heavy (non-hydrogen) atoms. The normalized spacial score (nSPS) is 24.6. The Morgan fingerprint density at radius 3 is 2.89 bits per heavy atom. The lowest BCUT2D eigenvalue weighted by Gasteiger charge is -2.30. The summed E-state index contributed by atoms with van der Waals surface area (Å²) < 4.78 is 6.49. The second-order valence-electron chi connectivity index (χ2n) is 7.60. The van der Waals surface area contributed by atoms with Crippen molar-refractivity contribution >= 4 is 11.6 Å². The van der Waals surface area contributed by atoms with Crippen LogP contribution in [0.25, 0.3) is 0 Å². The van der Waals surface area contributed by atoms with E-state index in [0.29, 0.717) is 12.0 Å². The van der Waals surface area contributed by atoms with E-state index in [1.807, 2.05) is 24.3 Å². The van der Waals surface area contributed by atoms with Crippen LogP contribution in [-0.4, -0.2) is 36.5 Å². The molecule has 2 unspecified atom stereocenters. The molecule has 2 aromatic rings. The zero-order valence-electron chi connectivity index (χ0n) is 15.7. The molecule has 5 heteroatoms. The van der Waals surface area contributed by atoms with Crippen molar-refractivity contribution in [3.8, 4) is 5.75 Å². The van der Waals surface area contributed by atoms with Crippen molar-refractivity contribution in [3.63, 3.8) is 0 Å². The molecule has 1 heterocycles. The molecule has 0 saturated carbocycles. The minimum absolute atomic E-state index is 0.00898. The molecule has 4 rings (SSSR count). The minimum Gasteiger partial charge on any atom is -0.484 e. The SMILES string of the molecule is CC(=O)Nc1cccc(OC2c3ccccc3C[C@H]2N2CCC(CN)C2)c1. The average molecular weight is 365 g/mol. The minimum atomic E-state index is -0.0823. The van der Waals surface area contributed by atoms with Gasteiger partial charge >= 0.3 is 0 Å². The van der Waals surface area contributed by atoms with Gasteiger partial charge in [0, 0.05) is 25.2 Å². The van der Waals surface area contributed by atoms with Crippen molar-refractivity contribution in [3.05, 3.63) is 59.7 Å². The quantitative estimate of drug-likeness (QED) is 0.855. The number of carbonyl (C=O) groups is 1. The number of fused-ring (bicyclic) bond motifs is 1. The van der Waals surface area contributed by atoms with Crippen LogP contribution < -0.4 is 15.8 Å². The first-order valence-corrected chi connectivity index (χ1v) is 9.70. The van der Waals surface area contributed by atoms with E-state index in [1.165, 1.54) is 18.1 Å². The van der Waals surface area contributed by atoms with E-state index in [4.69, 9.17) is 10.5 Å². The van der Waals surface area contributed by atoms with Gasteiger partial charge in [0.1, 0.15) is 11.9 Å². The Kier molecular flexibility index (Phi) is 5.14. The Morgan fingerprint density at radius 2 is 2.11 bits per heavy atom. The molecule has 1 fully saturated rings. The third-order valence-electron chi connectivity index (χ3n) is 5.68. The van der Waals surface area contributed by atoms with Crippen LogP contribution in [-0.2, 0) is 11.2 Å². The average Bonchev–Trinajstić information content (AvgIpc) is 3.26. The van der Waals surface area contributed by atoms with Crippen molar-refractivity contribution in [2.75, 3.05) is 25.0 Å². The molecule has 0 aromatic heterocycles. The Labute approximate surface area is 160 Å². The summed E-state index contributed by atoms with van der Waals surface area (Å²) in [5.74, 6) is 1.28. The van der Waals surface area contributed by atoms with E-state index in [1.54, 1.807) is 0 Å². The van der Waals surface area contributed by atoms with E-state index in [9.17, 15) is 4.79 Å². The number of anilines is 1. The van der Waals surface area contributed by atoms with Crippen molar-refractivity contribution in [2.24, 2.45) is 11.7 Å². The predicted molar refractivity (Wildman–Crippen MR) is 107 cm³/mol. The lowest BCUT2D eigenvalue weighted by molar-refractivity contribution is -0.114. The van der Waals surface area contributed by atoms with Gasteiger partial charge in [0.2, 0.25) is 5.91 Å². The summed E-state index contributed by atoms with van der Waals surface area (Å²) in [5.41, 5.74) is 9.29. The maximum absolute atomic E-state index is 11.3. The molecule has 0 radical (unpaired) electrons. The molecule has 3 atom stereocenters. The van der Waals surface area contributed by atoms with Gasteiger partial charge in [-0.05, 0) is 55.1 Å².